The zero-order chi connectivity index (χ0) is 10.6. The van der Waals surface area contributed by atoms with Gasteiger partial charge in [-0.3, -0.25) is 0 Å². The largest absolute Gasteiger partial charge is 0.312 e. The number of hydrogen-bond acceptors (Lipinski definition) is 1. The molecule has 0 saturated heterocycles. The van der Waals surface area contributed by atoms with Crippen molar-refractivity contribution >= 4 is 11.6 Å². The third-order valence-corrected chi connectivity index (χ3v) is 2.53. The molecule has 1 aromatic carbocycles. The van der Waals surface area contributed by atoms with Crippen molar-refractivity contribution in [2.45, 2.75) is 27.3 Å². The van der Waals surface area contributed by atoms with Crippen molar-refractivity contribution in [1.29, 1.82) is 0 Å². The summed E-state index contributed by atoms with van der Waals surface area (Å²) in [5, 5.41) is 4.24. The Morgan fingerprint density at radius 1 is 1.36 bits per heavy atom. The number of aryl methyl sites for hydroxylation is 1. The van der Waals surface area contributed by atoms with Crippen LogP contribution in [0.4, 0.5) is 0 Å². The summed E-state index contributed by atoms with van der Waals surface area (Å²) in [7, 11) is 0. The highest BCUT2D eigenvalue weighted by Gasteiger charge is 1.98. The molecule has 78 valence electrons. The van der Waals surface area contributed by atoms with Gasteiger partial charge in [-0.15, -0.1) is 0 Å². The molecule has 0 unspecified atom stereocenters. The lowest BCUT2D eigenvalue weighted by atomic mass is 10.1. The highest BCUT2D eigenvalue weighted by atomic mass is 35.5. The minimum Gasteiger partial charge on any atom is -0.312 e. The van der Waals surface area contributed by atoms with Gasteiger partial charge in [0.2, 0.25) is 0 Å². The summed E-state index contributed by atoms with van der Waals surface area (Å²) >= 11 is 6.03. The fourth-order valence-corrected chi connectivity index (χ4v) is 1.45. The first-order valence-corrected chi connectivity index (χ1v) is 5.43. The van der Waals surface area contributed by atoms with Gasteiger partial charge in [-0.2, -0.15) is 0 Å². The van der Waals surface area contributed by atoms with E-state index in [1.54, 1.807) is 0 Å². The molecule has 0 amide bonds. The lowest BCUT2D eigenvalue weighted by Crippen LogP contribution is -2.18. The summed E-state index contributed by atoms with van der Waals surface area (Å²) in [6.07, 6.45) is 0. The number of benzene rings is 1. The number of hydrogen-bond donors (Lipinski definition) is 1. The third-order valence-electron chi connectivity index (χ3n) is 2.12. The average molecular weight is 212 g/mol. The van der Waals surface area contributed by atoms with Crippen LogP contribution in [-0.4, -0.2) is 6.54 Å². The van der Waals surface area contributed by atoms with E-state index in [9.17, 15) is 0 Å². The summed E-state index contributed by atoms with van der Waals surface area (Å²) in [4.78, 5) is 0. The molecule has 2 heteroatoms. The molecule has 0 bridgehead atoms. The highest BCUT2D eigenvalue weighted by molar-refractivity contribution is 6.31. The van der Waals surface area contributed by atoms with E-state index < -0.39 is 0 Å². The molecule has 0 aliphatic heterocycles. The van der Waals surface area contributed by atoms with Crippen molar-refractivity contribution in [2.24, 2.45) is 5.92 Å². The fourth-order valence-electron chi connectivity index (χ4n) is 1.25. The third kappa shape index (κ3) is 3.69. The molecule has 0 atom stereocenters. The maximum absolute atomic E-state index is 6.03. The molecule has 0 aliphatic rings. The summed E-state index contributed by atoms with van der Waals surface area (Å²) in [6.45, 7) is 8.38. The molecule has 1 rings (SSSR count). The lowest BCUT2D eigenvalue weighted by Gasteiger charge is -2.08. The van der Waals surface area contributed by atoms with Gasteiger partial charge in [0.05, 0.1) is 0 Å². The number of rotatable bonds is 4. The van der Waals surface area contributed by atoms with Crippen molar-refractivity contribution < 1.29 is 0 Å². The number of nitrogens with one attached hydrogen (secondary N) is 1. The van der Waals surface area contributed by atoms with Gasteiger partial charge in [-0.25, -0.2) is 0 Å². The minimum absolute atomic E-state index is 0.691. The molecule has 0 spiro atoms. The Balaban J connectivity index is 2.47. The van der Waals surface area contributed by atoms with E-state index in [-0.39, 0.29) is 0 Å². The Morgan fingerprint density at radius 2 is 2.07 bits per heavy atom. The maximum atomic E-state index is 6.03. The van der Waals surface area contributed by atoms with E-state index in [0.717, 1.165) is 23.7 Å². The molecule has 1 aromatic rings. The van der Waals surface area contributed by atoms with Crippen molar-refractivity contribution in [3.63, 3.8) is 0 Å². The number of halogens is 1. The molecule has 1 N–H and O–H groups in total. The lowest BCUT2D eigenvalue weighted by molar-refractivity contribution is 0.552. The molecule has 0 aromatic heterocycles. The topological polar surface area (TPSA) is 12.0 Å². The van der Waals surface area contributed by atoms with Crippen LogP contribution < -0.4 is 5.32 Å². The Bertz CT molecular complexity index is 294. The normalized spacial score (nSPS) is 10.9. The van der Waals surface area contributed by atoms with Crippen LogP contribution in [0.15, 0.2) is 18.2 Å². The van der Waals surface area contributed by atoms with Gasteiger partial charge in [0.1, 0.15) is 0 Å². The first kappa shape index (κ1) is 11.5. The minimum atomic E-state index is 0.691. The van der Waals surface area contributed by atoms with E-state index in [2.05, 4.69) is 31.3 Å². The zero-order valence-corrected chi connectivity index (χ0v) is 9.86. The maximum Gasteiger partial charge on any atom is 0.0438 e. The van der Waals surface area contributed by atoms with E-state index in [0.29, 0.717) is 5.92 Å². The second kappa shape index (κ2) is 5.38. The zero-order valence-electron chi connectivity index (χ0n) is 9.10. The van der Waals surface area contributed by atoms with E-state index in [1.165, 1.54) is 5.56 Å². The summed E-state index contributed by atoms with van der Waals surface area (Å²) in [6, 6.07) is 6.22. The highest BCUT2D eigenvalue weighted by Crippen LogP contribution is 2.16. The molecular formula is C12H18ClN. The van der Waals surface area contributed by atoms with Crippen LogP contribution in [0, 0.1) is 12.8 Å². The van der Waals surface area contributed by atoms with Crippen LogP contribution in [0.1, 0.15) is 25.0 Å². The smallest absolute Gasteiger partial charge is 0.0438 e. The Labute approximate surface area is 91.5 Å². The average Bonchev–Trinajstić information content (AvgIpc) is 2.10. The molecule has 1 nitrogen and oxygen atoms in total. The molecule has 0 fully saturated rings. The monoisotopic (exact) mass is 211 g/mol. The second-order valence-corrected chi connectivity index (χ2v) is 4.52. The van der Waals surface area contributed by atoms with Crippen molar-refractivity contribution in [1.82, 2.24) is 5.32 Å². The van der Waals surface area contributed by atoms with Crippen LogP contribution in [0.5, 0.6) is 0 Å². The van der Waals surface area contributed by atoms with Crippen LogP contribution >= 0.6 is 11.6 Å². The summed E-state index contributed by atoms with van der Waals surface area (Å²) < 4.78 is 0. The first-order valence-electron chi connectivity index (χ1n) is 5.05. The second-order valence-electron chi connectivity index (χ2n) is 4.11. The van der Waals surface area contributed by atoms with Gasteiger partial charge in [-0.1, -0.05) is 37.6 Å². The van der Waals surface area contributed by atoms with Crippen molar-refractivity contribution in [2.75, 3.05) is 6.54 Å². The van der Waals surface area contributed by atoms with Gasteiger partial charge in [-0.05, 0) is 36.6 Å². The van der Waals surface area contributed by atoms with Gasteiger partial charge < -0.3 is 5.32 Å². The molecule has 0 saturated carbocycles. The van der Waals surface area contributed by atoms with E-state index >= 15 is 0 Å². The Hall–Kier alpha value is -0.530. The molecule has 0 radical (unpaired) electrons. The first-order chi connectivity index (χ1) is 6.59. The van der Waals surface area contributed by atoms with E-state index in [4.69, 9.17) is 11.6 Å². The van der Waals surface area contributed by atoms with Crippen molar-refractivity contribution in [3.05, 3.63) is 34.3 Å². The molecule has 0 heterocycles. The van der Waals surface area contributed by atoms with Gasteiger partial charge in [0.15, 0.2) is 0 Å². The molecular weight excluding hydrogens is 194 g/mol. The van der Waals surface area contributed by atoms with Crippen LogP contribution in [0.25, 0.3) is 0 Å². The summed E-state index contributed by atoms with van der Waals surface area (Å²) in [5.74, 6) is 0.691. The van der Waals surface area contributed by atoms with Crippen LogP contribution in [-0.2, 0) is 6.54 Å². The Morgan fingerprint density at radius 3 is 2.64 bits per heavy atom. The van der Waals surface area contributed by atoms with Crippen LogP contribution in [0.3, 0.4) is 0 Å². The Kier molecular flexibility index (Phi) is 4.43. The molecule has 14 heavy (non-hydrogen) atoms. The summed E-state index contributed by atoms with van der Waals surface area (Å²) in [5.41, 5.74) is 2.39. The molecule has 0 aliphatic carbocycles. The fraction of sp³-hybridized carbons (Fsp3) is 0.500. The van der Waals surface area contributed by atoms with Crippen molar-refractivity contribution in [3.8, 4) is 0 Å². The van der Waals surface area contributed by atoms with E-state index in [1.807, 2.05) is 13.0 Å². The quantitative estimate of drug-likeness (QED) is 0.805. The van der Waals surface area contributed by atoms with Gasteiger partial charge in [0, 0.05) is 11.6 Å². The predicted molar refractivity (Wildman–Crippen MR) is 62.7 cm³/mol. The van der Waals surface area contributed by atoms with Gasteiger partial charge in [0.25, 0.3) is 0 Å². The van der Waals surface area contributed by atoms with Gasteiger partial charge >= 0.3 is 0 Å². The van der Waals surface area contributed by atoms with Crippen LogP contribution in [0.2, 0.25) is 5.02 Å². The SMILES string of the molecule is Cc1ccc(CNCC(C)C)cc1Cl. The predicted octanol–water partition coefficient (Wildman–Crippen LogP) is 3.39. The standard InChI is InChI=1S/C12H18ClN/c1-9(2)7-14-8-11-5-4-10(3)12(13)6-11/h4-6,9,14H,7-8H2,1-3H3.